The van der Waals surface area contributed by atoms with Crippen LogP contribution in [0.15, 0.2) is 48.5 Å². The van der Waals surface area contributed by atoms with Crippen molar-refractivity contribution in [3.8, 4) is 0 Å². The van der Waals surface area contributed by atoms with Crippen molar-refractivity contribution < 1.29 is 32.6 Å². The summed E-state index contributed by atoms with van der Waals surface area (Å²) < 4.78 is 28.6. The molecule has 0 aliphatic carbocycles. The molecule has 2 aromatic rings. The van der Waals surface area contributed by atoms with Gasteiger partial charge in [-0.15, -0.1) is 0 Å². The number of nitrogen functional groups attached to an aromatic ring is 1. The molecule has 2 aromatic carbocycles. The van der Waals surface area contributed by atoms with Gasteiger partial charge in [0.1, 0.15) is 5.84 Å². The Bertz CT molecular complexity index is 1300. The molecule has 2 atom stereocenters. The molecular weight excluding hydrogens is 502 g/mol. The summed E-state index contributed by atoms with van der Waals surface area (Å²) in [5.41, 5.74) is 7.05. The molecule has 2 aliphatic rings. The number of nitrogens with zero attached hydrogens (tertiary/aromatic N) is 2. The summed E-state index contributed by atoms with van der Waals surface area (Å²) in [4.78, 5) is 41.2. The predicted molar refractivity (Wildman–Crippen MR) is 135 cm³/mol. The number of benzene rings is 2. The molecule has 0 radical (unpaired) electrons. The Hall–Kier alpha value is -3.81. The topological polar surface area (TPSA) is 183 Å². The Morgan fingerprint density at radius 2 is 1.62 bits per heavy atom. The summed E-state index contributed by atoms with van der Waals surface area (Å²) in [5.74, 6) is -2.00. The quantitative estimate of drug-likeness (QED) is 0.287. The van der Waals surface area contributed by atoms with Gasteiger partial charge in [-0.05, 0) is 48.5 Å². The molecule has 37 heavy (non-hydrogen) atoms. The molecule has 5 N–H and O–H groups in total. The van der Waals surface area contributed by atoms with Crippen molar-refractivity contribution in [1.29, 1.82) is 5.41 Å². The monoisotopic (exact) mass is 529 g/mol. The second kappa shape index (κ2) is 10.7. The van der Waals surface area contributed by atoms with E-state index < -0.39 is 33.9 Å². The zero-order chi connectivity index (χ0) is 26.7. The van der Waals surface area contributed by atoms with Crippen LogP contribution < -0.4 is 16.0 Å². The average molecular weight is 530 g/mol. The van der Waals surface area contributed by atoms with Gasteiger partial charge < -0.3 is 30.7 Å². The first kappa shape index (κ1) is 26.3. The van der Waals surface area contributed by atoms with Crippen LogP contribution >= 0.6 is 0 Å². The SMILES string of the molecule is N=C(N)c1ccc(NC(=O)C(O)[C@H]2OCCN(c3ccc(C(=O)N4CCS(=O)(=O)CC4)cc3)C2=O)cc1. The van der Waals surface area contributed by atoms with Crippen LogP contribution in [-0.4, -0.2) is 91.9 Å². The fourth-order valence-corrected chi connectivity index (χ4v) is 5.26. The Morgan fingerprint density at radius 1 is 1.03 bits per heavy atom. The third-order valence-corrected chi connectivity index (χ3v) is 7.81. The van der Waals surface area contributed by atoms with E-state index in [2.05, 4.69) is 5.32 Å². The zero-order valence-corrected chi connectivity index (χ0v) is 20.6. The number of carbonyl (C=O) groups excluding carboxylic acids is 3. The summed E-state index contributed by atoms with van der Waals surface area (Å²) in [5, 5.41) is 20.5. The largest absolute Gasteiger partial charge is 0.384 e. The maximum atomic E-state index is 13.1. The molecule has 2 saturated heterocycles. The van der Waals surface area contributed by atoms with Gasteiger partial charge in [0, 0.05) is 42.1 Å². The minimum atomic E-state index is -3.11. The number of amides is 3. The van der Waals surface area contributed by atoms with Gasteiger partial charge in [0.2, 0.25) is 0 Å². The number of anilines is 2. The Morgan fingerprint density at radius 3 is 2.22 bits per heavy atom. The highest BCUT2D eigenvalue weighted by molar-refractivity contribution is 7.91. The minimum absolute atomic E-state index is 0.0693. The molecule has 0 aromatic heterocycles. The lowest BCUT2D eigenvalue weighted by Crippen LogP contribution is -2.55. The van der Waals surface area contributed by atoms with E-state index in [0.29, 0.717) is 22.5 Å². The summed E-state index contributed by atoms with van der Waals surface area (Å²) >= 11 is 0. The van der Waals surface area contributed by atoms with E-state index in [1.807, 2.05) is 0 Å². The van der Waals surface area contributed by atoms with E-state index in [0.717, 1.165) is 0 Å². The highest BCUT2D eigenvalue weighted by atomic mass is 32.2. The van der Waals surface area contributed by atoms with Gasteiger partial charge in [0.15, 0.2) is 22.0 Å². The maximum absolute atomic E-state index is 13.1. The van der Waals surface area contributed by atoms with Gasteiger partial charge >= 0.3 is 0 Å². The number of aliphatic hydroxyl groups excluding tert-OH is 1. The zero-order valence-electron chi connectivity index (χ0n) is 19.8. The number of carbonyl (C=O) groups is 3. The number of amidine groups is 1. The molecular formula is C24H27N5O7S. The van der Waals surface area contributed by atoms with Crippen molar-refractivity contribution in [2.24, 2.45) is 5.73 Å². The van der Waals surface area contributed by atoms with Crippen LogP contribution in [0.4, 0.5) is 11.4 Å². The number of rotatable bonds is 6. The van der Waals surface area contributed by atoms with E-state index in [1.165, 1.54) is 34.1 Å². The van der Waals surface area contributed by atoms with Crippen LogP contribution in [0.2, 0.25) is 0 Å². The van der Waals surface area contributed by atoms with Gasteiger partial charge in [-0.2, -0.15) is 0 Å². The molecule has 196 valence electrons. The second-order valence-electron chi connectivity index (χ2n) is 8.70. The van der Waals surface area contributed by atoms with Crippen molar-refractivity contribution in [2.75, 3.05) is 48.0 Å². The van der Waals surface area contributed by atoms with Crippen LogP contribution in [0.3, 0.4) is 0 Å². The van der Waals surface area contributed by atoms with Crippen molar-refractivity contribution in [3.63, 3.8) is 0 Å². The van der Waals surface area contributed by atoms with E-state index in [4.69, 9.17) is 15.9 Å². The van der Waals surface area contributed by atoms with Gasteiger partial charge in [0.25, 0.3) is 17.7 Å². The first-order valence-electron chi connectivity index (χ1n) is 11.5. The predicted octanol–water partition coefficient (Wildman–Crippen LogP) is -0.427. The molecule has 12 nitrogen and oxygen atoms in total. The molecule has 0 bridgehead atoms. The molecule has 2 fully saturated rings. The first-order valence-corrected chi connectivity index (χ1v) is 13.3. The number of hydrogen-bond donors (Lipinski definition) is 4. The van der Waals surface area contributed by atoms with Crippen molar-refractivity contribution >= 4 is 44.8 Å². The number of morpholine rings is 1. The normalized spacial score (nSPS) is 20.2. The van der Waals surface area contributed by atoms with E-state index in [-0.39, 0.29) is 49.5 Å². The highest BCUT2D eigenvalue weighted by Crippen LogP contribution is 2.22. The van der Waals surface area contributed by atoms with Crippen molar-refractivity contribution in [1.82, 2.24) is 4.90 Å². The van der Waals surface area contributed by atoms with Crippen LogP contribution in [-0.2, 0) is 24.2 Å². The maximum Gasteiger partial charge on any atom is 0.259 e. The third-order valence-electron chi connectivity index (χ3n) is 6.20. The van der Waals surface area contributed by atoms with E-state index >= 15 is 0 Å². The number of nitrogens with one attached hydrogen (secondary N) is 2. The smallest absolute Gasteiger partial charge is 0.259 e. The first-order chi connectivity index (χ1) is 17.6. The molecule has 1 unspecified atom stereocenters. The van der Waals surface area contributed by atoms with Gasteiger partial charge in [-0.3, -0.25) is 19.8 Å². The molecule has 4 rings (SSSR count). The second-order valence-corrected chi connectivity index (χ2v) is 11.0. The van der Waals surface area contributed by atoms with Crippen LogP contribution in [0.1, 0.15) is 15.9 Å². The molecule has 13 heteroatoms. The van der Waals surface area contributed by atoms with Gasteiger partial charge in [0.05, 0.1) is 18.1 Å². The van der Waals surface area contributed by atoms with E-state index in [9.17, 15) is 27.9 Å². The third kappa shape index (κ3) is 5.96. The molecule has 2 heterocycles. The number of ether oxygens (including phenoxy) is 1. The molecule has 3 amide bonds. The van der Waals surface area contributed by atoms with Crippen LogP contribution in [0.25, 0.3) is 0 Å². The van der Waals surface area contributed by atoms with Crippen LogP contribution in [0.5, 0.6) is 0 Å². The van der Waals surface area contributed by atoms with Crippen molar-refractivity contribution in [2.45, 2.75) is 12.2 Å². The fraction of sp³-hybridized carbons (Fsp3) is 0.333. The minimum Gasteiger partial charge on any atom is -0.384 e. The highest BCUT2D eigenvalue weighted by Gasteiger charge is 2.39. The van der Waals surface area contributed by atoms with Crippen LogP contribution in [0, 0.1) is 5.41 Å². The molecule has 0 saturated carbocycles. The van der Waals surface area contributed by atoms with Gasteiger partial charge in [-0.1, -0.05) is 0 Å². The Kier molecular flexibility index (Phi) is 7.57. The number of aliphatic hydroxyl groups is 1. The summed E-state index contributed by atoms with van der Waals surface area (Å²) in [6.07, 6.45) is -3.21. The average Bonchev–Trinajstić information content (AvgIpc) is 2.88. The van der Waals surface area contributed by atoms with Gasteiger partial charge in [-0.25, -0.2) is 8.42 Å². The lowest BCUT2D eigenvalue weighted by molar-refractivity contribution is -0.150. The number of nitrogens with two attached hydrogens (primary N) is 1. The molecule has 0 spiro atoms. The number of sulfone groups is 1. The Balaban J connectivity index is 1.39. The number of hydrogen-bond acceptors (Lipinski definition) is 8. The molecule has 2 aliphatic heterocycles. The summed E-state index contributed by atoms with van der Waals surface area (Å²) in [6.45, 7) is 0.533. The fourth-order valence-electron chi connectivity index (χ4n) is 4.06. The summed E-state index contributed by atoms with van der Waals surface area (Å²) in [7, 11) is -3.11. The summed E-state index contributed by atoms with van der Waals surface area (Å²) in [6, 6.07) is 12.4. The standard InChI is InChI=1S/C24H27N5O7S/c25-21(26)15-1-5-17(6-2-15)27-22(31)19(30)20-24(33)29(9-12-36-20)18-7-3-16(4-8-18)23(32)28-10-13-37(34,35)14-11-28/h1-8,19-20,30H,9-14H2,(H3,25,26)(H,27,31)/t19?,20-/m1/s1. The lowest BCUT2D eigenvalue weighted by Gasteiger charge is -2.34. The lowest BCUT2D eigenvalue weighted by atomic mass is 10.1. The Labute approximate surface area is 213 Å². The van der Waals surface area contributed by atoms with E-state index in [1.54, 1.807) is 24.3 Å². The van der Waals surface area contributed by atoms with Crippen molar-refractivity contribution in [3.05, 3.63) is 59.7 Å².